The molecule has 0 spiro atoms. The van der Waals surface area contributed by atoms with Gasteiger partial charge in [-0.2, -0.15) is 18.2 Å². The van der Waals surface area contributed by atoms with Gasteiger partial charge in [-0.1, -0.05) is 0 Å². The van der Waals surface area contributed by atoms with Crippen LogP contribution in [0.1, 0.15) is 0 Å². The maximum Gasteiger partial charge on any atom is -0.172 e. The summed E-state index contributed by atoms with van der Waals surface area (Å²) in [4.78, 5) is 0. The maximum absolute atomic E-state index is 4.97. The topological polar surface area (TPSA) is 0 Å². The van der Waals surface area contributed by atoms with E-state index in [-0.39, 0.29) is 0 Å². The Morgan fingerprint density at radius 1 is 1.00 bits per heavy atom. The van der Waals surface area contributed by atoms with Crippen molar-refractivity contribution in [3.8, 4) is 0 Å². The standard InChI is InChI=1S/C5H5.3ClH.Ti/c1-2-4-5-3-1;;;;/h1-5H;3*1H;/q-1;;;;+3/p-3. The molecule has 0 aliphatic carbocycles. The third-order valence-corrected chi connectivity index (χ3v) is 0.556. The molecular weight excluding hydrogens is 214 g/mol. The molecule has 0 fully saturated rings. The molecule has 0 aromatic heterocycles. The monoisotopic (exact) mass is 218 g/mol. The Morgan fingerprint density at radius 3 is 1.44 bits per heavy atom. The van der Waals surface area contributed by atoms with Gasteiger partial charge in [-0.15, -0.1) is 0 Å². The van der Waals surface area contributed by atoms with Gasteiger partial charge in [0, 0.05) is 0 Å². The van der Waals surface area contributed by atoms with Crippen LogP contribution in [0.4, 0.5) is 0 Å². The van der Waals surface area contributed by atoms with Crippen molar-refractivity contribution in [1.29, 1.82) is 0 Å². The minimum absolute atomic E-state index is 1.92. The fourth-order valence-electron chi connectivity index (χ4n) is 0.321. The molecule has 0 heterocycles. The third-order valence-electron chi connectivity index (χ3n) is 0.556. The second kappa shape index (κ2) is 7.05. The first-order chi connectivity index (χ1) is 4.23. The minimum atomic E-state index is -1.92. The van der Waals surface area contributed by atoms with Crippen LogP contribution < -0.4 is 0 Å². The molecule has 0 unspecified atom stereocenters. The quantitative estimate of drug-likeness (QED) is 0.463. The van der Waals surface area contributed by atoms with Gasteiger partial charge < -0.3 is 0 Å². The van der Waals surface area contributed by atoms with Gasteiger partial charge >= 0.3 is 42.6 Å². The molecule has 9 heavy (non-hydrogen) atoms. The second-order valence-electron chi connectivity index (χ2n) is 1.18. The summed E-state index contributed by atoms with van der Waals surface area (Å²) >= 11 is -1.92. The predicted molar refractivity (Wildman–Crippen MR) is 39.6 cm³/mol. The summed E-state index contributed by atoms with van der Waals surface area (Å²) in [5.74, 6) is 0. The number of halogens is 3. The Kier molecular flexibility index (Phi) is 7.78. The summed E-state index contributed by atoms with van der Waals surface area (Å²) < 4.78 is 0. The molecule has 1 rings (SSSR count). The average Bonchev–Trinajstić information content (AvgIpc) is 2.11. The van der Waals surface area contributed by atoms with E-state index in [0.29, 0.717) is 0 Å². The van der Waals surface area contributed by atoms with Crippen LogP contribution in [0.25, 0.3) is 0 Å². The van der Waals surface area contributed by atoms with Gasteiger partial charge in [0.15, 0.2) is 0 Å². The zero-order valence-corrected chi connectivity index (χ0v) is 8.35. The summed E-state index contributed by atoms with van der Waals surface area (Å²) in [5, 5.41) is 0. The van der Waals surface area contributed by atoms with E-state index in [1.54, 1.807) is 0 Å². The van der Waals surface area contributed by atoms with Crippen molar-refractivity contribution in [2.24, 2.45) is 0 Å². The van der Waals surface area contributed by atoms with Crippen LogP contribution in [0.3, 0.4) is 0 Å². The molecule has 0 N–H and O–H groups in total. The van der Waals surface area contributed by atoms with Crippen LogP contribution in [-0.2, 0) is 14.7 Å². The number of hydrogen-bond donors (Lipinski definition) is 0. The van der Waals surface area contributed by atoms with Crippen molar-refractivity contribution in [2.75, 3.05) is 0 Å². The van der Waals surface area contributed by atoms with E-state index in [1.165, 1.54) is 0 Å². The van der Waals surface area contributed by atoms with Crippen LogP contribution >= 0.6 is 27.9 Å². The van der Waals surface area contributed by atoms with Crippen LogP contribution in [0.5, 0.6) is 0 Å². The van der Waals surface area contributed by atoms with Crippen molar-refractivity contribution in [1.82, 2.24) is 0 Å². The van der Waals surface area contributed by atoms with Gasteiger partial charge in [-0.25, -0.2) is 12.1 Å². The van der Waals surface area contributed by atoms with Gasteiger partial charge in [0.1, 0.15) is 0 Å². The van der Waals surface area contributed by atoms with Gasteiger partial charge in [0.25, 0.3) is 0 Å². The van der Waals surface area contributed by atoms with E-state index < -0.39 is 14.7 Å². The number of hydrogen-bond acceptors (Lipinski definition) is 0. The molecule has 0 atom stereocenters. The molecule has 4 heteroatoms. The molecule has 0 amide bonds. The van der Waals surface area contributed by atoms with Crippen LogP contribution in [0.2, 0.25) is 0 Å². The summed E-state index contributed by atoms with van der Waals surface area (Å²) in [5.41, 5.74) is 0. The molecule has 0 nitrogen and oxygen atoms in total. The molecule has 51 valence electrons. The average molecular weight is 219 g/mol. The first-order valence-corrected chi connectivity index (χ1v) is 8.68. The van der Waals surface area contributed by atoms with Gasteiger partial charge in [-0.05, 0) is 0 Å². The molecule has 0 saturated heterocycles. The van der Waals surface area contributed by atoms with Crippen LogP contribution in [0, 0.1) is 0 Å². The summed E-state index contributed by atoms with van der Waals surface area (Å²) in [7, 11) is 14.9. The van der Waals surface area contributed by atoms with Crippen molar-refractivity contribution in [3.05, 3.63) is 30.3 Å². The fourth-order valence-corrected chi connectivity index (χ4v) is 0.321. The molecule has 1 aromatic rings. The summed E-state index contributed by atoms with van der Waals surface area (Å²) in [6.45, 7) is 0. The maximum atomic E-state index is 4.97. The van der Waals surface area contributed by atoms with E-state index >= 15 is 0 Å². The van der Waals surface area contributed by atoms with Gasteiger partial charge in [-0.3, -0.25) is 0 Å². The fraction of sp³-hybridized carbons (Fsp3) is 0. The minimum Gasteiger partial charge on any atom is -0.214 e. The van der Waals surface area contributed by atoms with Gasteiger partial charge in [0.05, 0.1) is 0 Å². The Bertz CT molecular complexity index is 95.8. The molecule has 0 saturated carbocycles. The molecular formula is C5H5Cl3Ti-. The van der Waals surface area contributed by atoms with E-state index in [9.17, 15) is 0 Å². The van der Waals surface area contributed by atoms with Crippen molar-refractivity contribution in [2.45, 2.75) is 0 Å². The molecule has 0 radical (unpaired) electrons. The van der Waals surface area contributed by atoms with Crippen molar-refractivity contribution < 1.29 is 14.7 Å². The summed E-state index contributed by atoms with van der Waals surface area (Å²) in [6.07, 6.45) is 0. The Morgan fingerprint density at radius 2 is 1.33 bits per heavy atom. The van der Waals surface area contributed by atoms with Crippen molar-refractivity contribution in [3.63, 3.8) is 0 Å². The predicted octanol–water partition coefficient (Wildman–Crippen LogP) is 3.47. The summed E-state index contributed by atoms with van der Waals surface area (Å²) in [6, 6.07) is 10.0. The third kappa shape index (κ3) is 12.2. The smallest absolute Gasteiger partial charge is 0.172 e. The Hall–Kier alpha value is 0.934. The Labute approximate surface area is 72.6 Å². The molecule has 0 aliphatic rings. The van der Waals surface area contributed by atoms with E-state index in [4.69, 9.17) is 27.9 Å². The molecule has 0 aliphatic heterocycles. The Balaban J connectivity index is 0.000000148. The number of rotatable bonds is 0. The molecule has 1 aromatic carbocycles. The zero-order chi connectivity index (χ0) is 7.11. The normalized spacial score (nSPS) is 7.44. The van der Waals surface area contributed by atoms with Crippen LogP contribution in [-0.4, -0.2) is 0 Å². The van der Waals surface area contributed by atoms with E-state index in [0.717, 1.165) is 0 Å². The van der Waals surface area contributed by atoms with Crippen LogP contribution in [0.15, 0.2) is 30.3 Å². The SMILES string of the molecule is [Cl][Ti]([Cl])[Cl].c1cc[cH-]c1. The molecule has 0 bridgehead atoms. The van der Waals surface area contributed by atoms with Gasteiger partial charge in [0.2, 0.25) is 0 Å². The second-order valence-corrected chi connectivity index (χ2v) is 8.91. The first-order valence-electron chi connectivity index (χ1n) is 2.23. The van der Waals surface area contributed by atoms with E-state index in [2.05, 4.69) is 0 Å². The zero-order valence-electron chi connectivity index (χ0n) is 4.52. The van der Waals surface area contributed by atoms with Crippen molar-refractivity contribution >= 4 is 27.9 Å². The largest absolute Gasteiger partial charge is 0.214 e. The first kappa shape index (κ1) is 9.93. The van der Waals surface area contributed by atoms with E-state index in [1.807, 2.05) is 30.3 Å².